The average molecular weight is 399 g/mol. The molecule has 6 nitrogen and oxygen atoms in total. The normalized spacial score (nSPS) is 10.7. The van der Waals surface area contributed by atoms with Crippen molar-refractivity contribution in [2.75, 3.05) is 7.11 Å². The first kappa shape index (κ1) is 19.4. The van der Waals surface area contributed by atoms with E-state index in [0.29, 0.717) is 17.6 Å². The largest absolute Gasteiger partial charge is 0.497 e. The number of carbonyl (C=O) groups is 1. The summed E-state index contributed by atoms with van der Waals surface area (Å²) >= 11 is 0. The summed E-state index contributed by atoms with van der Waals surface area (Å²) < 4.78 is 6.43. The predicted molar refractivity (Wildman–Crippen MR) is 116 cm³/mol. The molecule has 1 heterocycles. The number of ether oxygens (including phenoxy) is 1. The second-order valence-electron chi connectivity index (χ2n) is 6.85. The maximum absolute atomic E-state index is 12.9. The smallest absolute Gasteiger partial charge is 0.275 e. The minimum Gasteiger partial charge on any atom is -0.497 e. The summed E-state index contributed by atoms with van der Waals surface area (Å²) in [6.45, 7) is 0.178. The minimum absolute atomic E-state index is 0.159. The van der Waals surface area contributed by atoms with Crippen molar-refractivity contribution in [2.45, 2.75) is 13.1 Å². The topological polar surface area (TPSA) is 73.2 Å². The molecule has 4 rings (SSSR count). The highest BCUT2D eigenvalue weighted by molar-refractivity contribution is 5.93. The zero-order chi connectivity index (χ0) is 20.9. The first-order valence-electron chi connectivity index (χ1n) is 9.60. The molecule has 1 N–H and O–H groups in total. The Balaban J connectivity index is 1.61. The zero-order valence-corrected chi connectivity index (χ0v) is 16.5. The Labute approximate surface area is 173 Å². The molecule has 0 spiro atoms. The van der Waals surface area contributed by atoms with Gasteiger partial charge in [-0.1, -0.05) is 60.7 Å². The van der Waals surface area contributed by atoms with Crippen molar-refractivity contribution in [3.05, 3.63) is 94.8 Å². The summed E-state index contributed by atoms with van der Waals surface area (Å²) in [5, 5.41) is 8.66. The standard InChI is InChI=1S/C24H21N3O3/c1-30-19-11-7-8-17(14-19)15-25-22(28)16-27-24(29)21-13-6-5-12-20(21)23(26-27)18-9-3-2-4-10-18/h2-14H,15-16H2,1H3,(H,25,28). The molecule has 0 aliphatic heterocycles. The van der Waals surface area contributed by atoms with Gasteiger partial charge >= 0.3 is 0 Å². The van der Waals surface area contributed by atoms with Crippen molar-refractivity contribution >= 4 is 16.7 Å². The molecular weight excluding hydrogens is 378 g/mol. The first-order chi connectivity index (χ1) is 14.7. The Hall–Kier alpha value is -3.93. The predicted octanol–water partition coefficient (Wildman–Crippen LogP) is 3.39. The highest BCUT2D eigenvalue weighted by Crippen LogP contribution is 2.24. The van der Waals surface area contributed by atoms with Crippen LogP contribution in [0.15, 0.2) is 83.7 Å². The maximum atomic E-state index is 12.9. The zero-order valence-electron chi connectivity index (χ0n) is 16.5. The lowest BCUT2D eigenvalue weighted by Crippen LogP contribution is -2.33. The fourth-order valence-electron chi connectivity index (χ4n) is 3.33. The van der Waals surface area contributed by atoms with E-state index in [9.17, 15) is 9.59 Å². The molecule has 30 heavy (non-hydrogen) atoms. The van der Waals surface area contributed by atoms with Crippen LogP contribution in [0.25, 0.3) is 22.0 Å². The number of hydrogen-bond acceptors (Lipinski definition) is 4. The van der Waals surface area contributed by atoms with Gasteiger partial charge in [0.25, 0.3) is 5.56 Å². The minimum atomic E-state index is -0.290. The van der Waals surface area contributed by atoms with E-state index in [-0.39, 0.29) is 18.0 Å². The number of aromatic nitrogens is 2. The first-order valence-corrected chi connectivity index (χ1v) is 9.60. The Kier molecular flexibility index (Phi) is 5.57. The quantitative estimate of drug-likeness (QED) is 0.539. The molecule has 0 saturated heterocycles. The van der Waals surface area contributed by atoms with E-state index >= 15 is 0 Å². The van der Waals surface area contributed by atoms with Gasteiger partial charge in [0.1, 0.15) is 12.3 Å². The van der Waals surface area contributed by atoms with Gasteiger partial charge in [0.15, 0.2) is 0 Å². The van der Waals surface area contributed by atoms with Crippen LogP contribution in [0.4, 0.5) is 0 Å². The van der Waals surface area contributed by atoms with Crippen LogP contribution in [0.2, 0.25) is 0 Å². The van der Waals surface area contributed by atoms with Gasteiger partial charge in [-0.25, -0.2) is 4.68 Å². The molecule has 0 bridgehead atoms. The van der Waals surface area contributed by atoms with Crippen LogP contribution in [0.1, 0.15) is 5.56 Å². The summed E-state index contributed by atoms with van der Waals surface area (Å²) in [5.74, 6) is 0.434. The molecule has 4 aromatic rings. The van der Waals surface area contributed by atoms with Crippen molar-refractivity contribution in [1.29, 1.82) is 0 Å². The number of hydrogen-bond donors (Lipinski definition) is 1. The number of nitrogens with one attached hydrogen (secondary N) is 1. The van der Waals surface area contributed by atoms with Crippen LogP contribution in [0.3, 0.4) is 0 Å². The Morgan fingerprint density at radius 2 is 1.70 bits per heavy atom. The number of methoxy groups -OCH3 is 1. The van der Waals surface area contributed by atoms with Crippen molar-refractivity contribution in [3.63, 3.8) is 0 Å². The molecule has 0 aliphatic carbocycles. The highest BCUT2D eigenvalue weighted by atomic mass is 16.5. The van der Waals surface area contributed by atoms with Gasteiger partial charge < -0.3 is 10.1 Å². The molecule has 3 aromatic carbocycles. The molecule has 0 fully saturated rings. The van der Waals surface area contributed by atoms with Gasteiger partial charge in [-0.15, -0.1) is 0 Å². The summed E-state index contributed by atoms with van der Waals surface area (Å²) in [7, 11) is 1.60. The highest BCUT2D eigenvalue weighted by Gasteiger charge is 2.14. The third-order valence-corrected chi connectivity index (χ3v) is 4.83. The molecule has 0 aliphatic rings. The van der Waals surface area contributed by atoms with Crippen LogP contribution in [0.5, 0.6) is 5.75 Å². The number of nitrogens with zero attached hydrogens (tertiary/aromatic N) is 2. The van der Waals surface area contributed by atoms with Crippen LogP contribution in [-0.4, -0.2) is 22.8 Å². The van der Waals surface area contributed by atoms with E-state index in [1.165, 1.54) is 4.68 Å². The lowest BCUT2D eigenvalue weighted by atomic mass is 10.1. The Morgan fingerprint density at radius 1 is 0.967 bits per heavy atom. The number of benzene rings is 3. The third kappa shape index (κ3) is 4.07. The van der Waals surface area contributed by atoms with E-state index in [1.54, 1.807) is 13.2 Å². The number of fused-ring (bicyclic) bond motifs is 1. The second kappa shape index (κ2) is 8.61. The molecule has 1 aromatic heterocycles. The SMILES string of the molecule is COc1cccc(CNC(=O)Cn2nc(-c3ccccc3)c3ccccc3c2=O)c1. The molecule has 0 atom stereocenters. The molecule has 0 unspecified atom stereocenters. The Morgan fingerprint density at radius 3 is 2.47 bits per heavy atom. The molecule has 150 valence electrons. The molecule has 0 saturated carbocycles. The van der Waals surface area contributed by atoms with E-state index in [4.69, 9.17) is 4.74 Å². The van der Waals surface area contributed by atoms with Gasteiger partial charge in [0.2, 0.25) is 5.91 Å². The van der Waals surface area contributed by atoms with Crippen molar-refractivity contribution < 1.29 is 9.53 Å². The summed E-state index contributed by atoms with van der Waals surface area (Å²) in [5.41, 5.74) is 2.18. The van der Waals surface area contributed by atoms with Crippen LogP contribution in [0, 0.1) is 0 Å². The lowest BCUT2D eigenvalue weighted by molar-refractivity contribution is -0.122. The van der Waals surface area contributed by atoms with Crippen molar-refractivity contribution in [2.24, 2.45) is 0 Å². The van der Waals surface area contributed by atoms with Gasteiger partial charge in [-0.05, 0) is 23.8 Å². The summed E-state index contributed by atoms with van der Waals surface area (Å²) in [6.07, 6.45) is 0. The van der Waals surface area contributed by atoms with Gasteiger partial charge in [0, 0.05) is 17.5 Å². The summed E-state index contributed by atoms with van der Waals surface area (Å²) in [6, 6.07) is 24.4. The van der Waals surface area contributed by atoms with Gasteiger partial charge in [-0.2, -0.15) is 5.10 Å². The summed E-state index contributed by atoms with van der Waals surface area (Å²) in [4.78, 5) is 25.4. The maximum Gasteiger partial charge on any atom is 0.275 e. The second-order valence-corrected chi connectivity index (χ2v) is 6.85. The van der Waals surface area contributed by atoms with Crippen molar-refractivity contribution in [3.8, 4) is 17.0 Å². The fourth-order valence-corrected chi connectivity index (χ4v) is 3.33. The number of carbonyl (C=O) groups excluding carboxylic acids is 1. The van der Waals surface area contributed by atoms with E-state index < -0.39 is 0 Å². The molecular formula is C24H21N3O3. The lowest BCUT2D eigenvalue weighted by Gasteiger charge is -2.12. The van der Waals surface area contributed by atoms with Gasteiger partial charge in [0.05, 0.1) is 18.2 Å². The number of amides is 1. The van der Waals surface area contributed by atoms with Crippen LogP contribution < -0.4 is 15.6 Å². The monoisotopic (exact) mass is 399 g/mol. The Bertz CT molecular complexity index is 1250. The molecule has 1 amide bonds. The number of rotatable bonds is 6. The van der Waals surface area contributed by atoms with Crippen LogP contribution >= 0.6 is 0 Å². The van der Waals surface area contributed by atoms with E-state index in [1.807, 2.05) is 72.8 Å². The molecule has 0 radical (unpaired) electrons. The van der Waals surface area contributed by atoms with Crippen molar-refractivity contribution in [1.82, 2.24) is 15.1 Å². The average Bonchev–Trinajstić information content (AvgIpc) is 2.80. The fraction of sp³-hybridized carbons (Fsp3) is 0.125. The third-order valence-electron chi connectivity index (χ3n) is 4.83. The van der Waals surface area contributed by atoms with E-state index in [2.05, 4.69) is 10.4 Å². The van der Waals surface area contributed by atoms with Gasteiger partial charge in [-0.3, -0.25) is 9.59 Å². The molecule has 6 heteroatoms. The van der Waals surface area contributed by atoms with Crippen LogP contribution in [-0.2, 0) is 17.9 Å². The van der Waals surface area contributed by atoms with E-state index in [0.717, 1.165) is 22.3 Å².